The monoisotopic (exact) mass is 734 g/mol. The molecule has 2 N–H and O–H groups in total. The third kappa shape index (κ3) is 6.28. The second-order valence-electron chi connectivity index (χ2n) is 14.3. The molecule has 0 radical (unpaired) electrons. The molecule has 5 heterocycles. The first-order valence-corrected chi connectivity index (χ1v) is 18.4. The van der Waals surface area contributed by atoms with Gasteiger partial charge >= 0.3 is 6.03 Å². The number of fused-ring (bicyclic) bond motifs is 2. The lowest BCUT2D eigenvalue weighted by atomic mass is 9.92. The highest BCUT2D eigenvalue weighted by Gasteiger charge is 2.46. The standard InChI is InChI=1S/C40H43ClN8O4/c1-24-27(7-6-10-30(24)44-36-34-26(13-16-42-36)22-43-47(2)38(34)50)28-8-5-9-29(35(28)41)31-21-25-11-12-32(33(25)37(45-31)53-4)49-18-15-40(23-49)14-17-48(19-20-52-3)39(51)46-40/h5-10,13,16,21-22,32H,11-12,14-15,17-20,23H2,1-4H3,(H,42,44)(H,46,51)/t32-,40+/m1/s1. The van der Waals surface area contributed by atoms with Crippen LogP contribution in [0.25, 0.3) is 33.2 Å². The number of urea groups is 1. The fraction of sp³-hybridized carbons (Fsp3) is 0.375. The average Bonchev–Trinajstić information content (AvgIpc) is 3.78. The van der Waals surface area contributed by atoms with Crippen LogP contribution in [-0.2, 0) is 18.2 Å². The minimum Gasteiger partial charge on any atom is -0.481 e. The molecule has 274 valence electrons. The Balaban J connectivity index is 1.07. The third-order valence-corrected chi connectivity index (χ3v) is 11.7. The zero-order valence-electron chi connectivity index (χ0n) is 30.4. The number of carbonyl (C=O) groups is 1. The molecule has 3 aliphatic rings. The van der Waals surface area contributed by atoms with Crippen molar-refractivity contribution in [2.45, 2.75) is 44.2 Å². The first-order chi connectivity index (χ1) is 25.7. The van der Waals surface area contributed by atoms with Gasteiger partial charge in [0.25, 0.3) is 5.56 Å². The van der Waals surface area contributed by atoms with E-state index in [4.69, 9.17) is 26.1 Å². The van der Waals surface area contributed by atoms with Crippen molar-refractivity contribution in [2.24, 2.45) is 7.05 Å². The number of aryl methyl sites for hydroxylation is 2. The molecular weight excluding hydrogens is 692 g/mol. The molecule has 1 aliphatic carbocycles. The van der Waals surface area contributed by atoms with Crippen LogP contribution < -0.4 is 20.9 Å². The Hall–Kier alpha value is -5.04. The number of pyridine rings is 2. The fourth-order valence-corrected chi connectivity index (χ4v) is 8.67. The highest BCUT2D eigenvalue weighted by molar-refractivity contribution is 6.36. The van der Waals surface area contributed by atoms with Crippen LogP contribution in [0.2, 0.25) is 5.02 Å². The van der Waals surface area contributed by atoms with Gasteiger partial charge in [0.15, 0.2) is 0 Å². The molecule has 2 aliphatic heterocycles. The fourth-order valence-electron chi connectivity index (χ4n) is 8.35. The number of aromatic nitrogens is 4. The summed E-state index contributed by atoms with van der Waals surface area (Å²) >= 11 is 7.27. The average molecular weight is 735 g/mol. The summed E-state index contributed by atoms with van der Waals surface area (Å²) in [5, 5.41) is 12.7. The quantitative estimate of drug-likeness (QED) is 0.180. The van der Waals surface area contributed by atoms with Crippen molar-refractivity contribution < 1.29 is 14.3 Å². The van der Waals surface area contributed by atoms with Crippen LogP contribution in [-0.4, -0.2) is 88.1 Å². The number of ether oxygens (including phenoxy) is 2. The molecule has 2 aromatic carbocycles. The van der Waals surface area contributed by atoms with Crippen LogP contribution in [0, 0.1) is 6.92 Å². The van der Waals surface area contributed by atoms with Gasteiger partial charge < -0.3 is 25.0 Å². The van der Waals surface area contributed by atoms with Gasteiger partial charge in [-0.3, -0.25) is 9.69 Å². The van der Waals surface area contributed by atoms with Gasteiger partial charge in [-0.05, 0) is 67.5 Å². The van der Waals surface area contributed by atoms with Crippen LogP contribution in [0.3, 0.4) is 0 Å². The van der Waals surface area contributed by atoms with E-state index in [2.05, 4.69) is 31.7 Å². The third-order valence-electron chi connectivity index (χ3n) is 11.2. The molecular formula is C40H43ClN8O4. The largest absolute Gasteiger partial charge is 0.481 e. The maximum atomic E-state index is 13.0. The summed E-state index contributed by atoms with van der Waals surface area (Å²) < 4.78 is 12.5. The summed E-state index contributed by atoms with van der Waals surface area (Å²) in [6, 6.07) is 16.1. The Bertz CT molecular complexity index is 2300. The van der Waals surface area contributed by atoms with Crippen molar-refractivity contribution in [3.05, 3.63) is 93.0 Å². The molecule has 12 nitrogen and oxygen atoms in total. The van der Waals surface area contributed by atoms with Gasteiger partial charge in [0.05, 0.1) is 41.6 Å². The Kier molecular flexibility index (Phi) is 9.30. The van der Waals surface area contributed by atoms with E-state index in [1.807, 2.05) is 48.2 Å². The summed E-state index contributed by atoms with van der Waals surface area (Å²) in [5.41, 5.74) is 7.07. The van der Waals surface area contributed by atoms with Gasteiger partial charge in [0, 0.05) is 80.3 Å². The van der Waals surface area contributed by atoms with E-state index >= 15 is 0 Å². The molecule has 8 rings (SSSR count). The zero-order valence-corrected chi connectivity index (χ0v) is 31.2. The van der Waals surface area contributed by atoms with E-state index in [1.54, 1.807) is 39.7 Å². The first-order valence-electron chi connectivity index (χ1n) is 18.0. The van der Waals surface area contributed by atoms with Gasteiger partial charge in [-0.15, -0.1) is 0 Å². The minimum absolute atomic E-state index is 0.00478. The number of methoxy groups -OCH3 is 2. The number of carbonyl (C=O) groups excluding carboxylic acids is 1. The number of hydrogen-bond acceptors (Lipinski definition) is 9. The molecule has 2 amide bonds. The van der Waals surface area contributed by atoms with Crippen molar-refractivity contribution in [3.8, 4) is 28.3 Å². The lowest BCUT2D eigenvalue weighted by molar-refractivity contribution is 0.114. The van der Waals surface area contributed by atoms with Gasteiger partial charge in [-0.25, -0.2) is 19.4 Å². The molecule has 53 heavy (non-hydrogen) atoms. The van der Waals surface area contributed by atoms with Crippen molar-refractivity contribution >= 4 is 39.9 Å². The summed E-state index contributed by atoms with van der Waals surface area (Å²) in [6.45, 7) is 5.61. The molecule has 2 fully saturated rings. The number of halogens is 1. The topological polar surface area (TPSA) is 127 Å². The lowest BCUT2D eigenvalue weighted by Gasteiger charge is -2.40. The van der Waals surface area contributed by atoms with Gasteiger partial charge in [0.1, 0.15) is 5.82 Å². The molecule has 0 unspecified atom stereocenters. The second-order valence-corrected chi connectivity index (χ2v) is 14.7. The number of amides is 2. The van der Waals surface area contributed by atoms with Crippen LogP contribution in [0.4, 0.5) is 16.3 Å². The highest BCUT2D eigenvalue weighted by Crippen LogP contribution is 2.47. The molecule has 3 aromatic heterocycles. The minimum atomic E-state index is -0.223. The van der Waals surface area contributed by atoms with Gasteiger partial charge in [-0.1, -0.05) is 41.9 Å². The number of benzene rings is 2. The maximum absolute atomic E-state index is 13.0. The van der Waals surface area contributed by atoms with E-state index in [1.165, 1.54) is 10.2 Å². The molecule has 2 atom stereocenters. The molecule has 13 heteroatoms. The smallest absolute Gasteiger partial charge is 0.317 e. The highest BCUT2D eigenvalue weighted by atomic mass is 35.5. The molecule has 1 spiro atoms. The summed E-state index contributed by atoms with van der Waals surface area (Å²) in [6.07, 6.45) is 7.03. The predicted octanol–water partition coefficient (Wildman–Crippen LogP) is 6.27. The lowest BCUT2D eigenvalue weighted by Crippen LogP contribution is -2.61. The van der Waals surface area contributed by atoms with E-state index in [-0.39, 0.29) is 23.2 Å². The van der Waals surface area contributed by atoms with Crippen LogP contribution in [0.15, 0.2) is 65.7 Å². The Morgan fingerprint density at radius 2 is 1.85 bits per heavy atom. The molecule has 0 bridgehead atoms. The number of likely N-dealkylation sites (tertiary alicyclic amines) is 1. The molecule has 0 saturated carbocycles. The van der Waals surface area contributed by atoms with Crippen molar-refractivity contribution in [2.75, 3.05) is 52.3 Å². The second kappa shape index (κ2) is 14.1. The molecule has 2 saturated heterocycles. The van der Waals surface area contributed by atoms with E-state index in [9.17, 15) is 9.59 Å². The van der Waals surface area contributed by atoms with E-state index in [0.29, 0.717) is 40.6 Å². The van der Waals surface area contributed by atoms with Crippen molar-refractivity contribution in [1.82, 2.24) is 34.9 Å². The number of anilines is 2. The number of hydrogen-bond donors (Lipinski definition) is 2. The summed E-state index contributed by atoms with van der Waals surface area (Å²) in [5.74, 6) is 1.09. The molecule has 5 aromatic rings. The Morgan fingerprint density at radius 1 is 1.06 bits per heavy atom. The Morgan fingerprint density at radius 3 is 2.66 bits per heavy atom. The normalized spacial score (nSPS) is 19.9. The van der Waals surface area contributed by atoms with Crippen LogP contribution in [0.5, 0.6) is 5.88 Å². The van der Waals surface area contributed by atoms with Crippen LogP contribution in [0.1, 0.15) is 42.0 Å². The van der Waals surface area contributed by atoms with Crippen molar-refractivity contribution in [1.29, 1.82) is 0 Å². The van der Waals surface area contributed by atoms with E-state index in [0.717, 1.165) is 84.5 Å². The van der Waals surface area contributed by atoms with E-state index < -0.39 is 0 Å². The number of nitrogens with one attached hydrogen (secondary N) is 2. The first kappa shape index (κ1) is 35.0. The van der Waals surface area contributed by atoms with Crippen LogP contribution >= 0.6 is 11.6 Å². The number of rotatable bonds is 9. The predicted molar refractivity (Wildman–Crippen MR) is 206 cm³/mol. The summed E-state index contributed by atoms with van der Waals surface area (Å²) in [4.78, 5) is 39.9. The Labute approximate surface area is 313 Å². The SMILES string of the molecule is COCCN1CC[C@@]2(CCN([C@@H]3CCc4cc(-c5cccc(-c6cccc(Nc7nccc8cnn(C)c(=O)c78)c6C)c5Cl)nc(OC)c43)C2)NC1=O. The van der Waals surface area contributed by atoms with Crippen molar-refractivity contribution in [3.63, 3.8) is 0 Å². The maximum Gasteiger partial charge on any atom is 0.317 e. The van der Waals surface area contributed by atoms with Gasteiger partial charge in [-0.2, -0.15) is 5.10 Å². The summed E-state index contributed by atoms with van der Waals surface area (Å²) in [7, 11) is 4.97. The van der Waals surface area contributed by atoms with Gasteiger partial charge in [0.2, 0.25) is 5.88 Å². The number of nitrogens with zero attached hydrogens (tertiary/aromatic N) is 6. The zero-order chi connectivity index (χ0) is 36.9.